The summed E-state index contributed by atoms with van der Waals surface area (Å²) in [6, 6.07) is 16.9. The van der Waals surface area contributed by atoms with Gasteiger partial charge in [0.25, 0.3) is 0 Å². The number of imidazole rings is 1. The lowest BCUT2D eigenvalue weighted by Crippen LogP contribution is -1.98. The number of aromatic nitrogens is 4. The Bertz CT molecular complexity index is 1400. The second kappa shape index (κ2) is 6.80. The summed E-state index contributed by atoms with van der Waals surface area (Å²) in [7, 11) is 0. The van der Waals surface area contributed by atoms with Crippen molar-refractivity contribution in [2.75, 3.05) is 0 Å². The Morgan fingerprint density at radius 2 is 1.90 bits per heavy atom. The summed E-state index contributed by atoms with van der Waals surface area (Å²) >= 11 is 0. The van der Waals surface area contributed by atoms with Crippen molar-refractivity contribution in [1.82, 2.24) is 19.4 Å². The number of benzene rings is 1. The van der Waals surface area contributed by atoms with Crippen LogP contribution in [0.1, 0.15) is 17.0 Å². The van der Waals surface area contributed by atoms with E-state index in [1.54, 1.807) is 35.1 Å². The summed E-state index contributed by atoms with van der Waals surface area (Å²) in [5, 5.41) is 9.97. The zero-order valence-electron chi connectivity index (χ0n) is 15.2. The Labute approximate surface area is 165 Å². The summed E-state index contributed by atoms with van der Waals surface area (Å²) in [6.45, 7) is 0. The van der Waals surface area contributed by atoms with Crippen molar-refractivity contribution < 1.29 is 4.39 Å². The lowest BCUT2D eigenvalue weighted by atomic mass is 10.1. The monoisotopic (exact) mass is 379 g/mol. The standard InChI is InChI=1S/C23H14FN5/c24-21-10-18(17-4-5-19(11-25)27-12-17)14-29-20(13-28-23(21)29)9-15-3-6-22-16(8-15)2-1-7-26-22/h1-8,10,12-14H,9H2. The molecule has 5 rings (SSSR count). The molecule has 0 radical (unpaired) electrons. The maximum atomic E-state index is 14.7. The summed E-state index contributed by atoms with van der Waals surface area (Å²) < 4.78 is 16.4. The third kappa shape index (κ3) is 3.09. The fourth-order valence-corrected chi connectivity index (χ4v) is 3.46. The molecule has 5 nitrogen and oxygen atoms in total. The van der Waals surface area contributed by atoms with E-state index >= 15 is 0 Å². The van der Waals surface area contributed by atoms with Crippen molar-refractivity contribution >= 4 is 16.6 Å². The van der Waals surface area contributed by atoms with Gasteiger partial charge in [0.1, 0.15) is 11.8 Å². The van der Waals surface area contributed by atoms with Crippen molar-refractivity contribution in [3.8, 4) is 17.2 Å². The third-order valence-electron chi connectivity index (χ3n) is 4.90. The Balaban J connectivity index is 1.56. The van der Waals surface area contributed by atoms with E-state index in [0.717, 1.165) is 27.7 Å². The van der Waals surface area contributed by atoms with Gasteiger partial charge < -0.3 is 4.40 Å². The highest BCUT2D eigenvalue weighted by molar-refractivity contribution is 5.79. The summed E-state index contributed by atoms with van der Waals surface area (Å²) in [4.78, 5) is 12.7. The quantitative estimate of drug-likeness (QED) is 0.461. The van der Waals surface area contributed by atoms with Crippen molar-refractivity contribution in [3.05, 3.63) is 96.1 Å². The second-order valence-corrected chi connectivity index (χ2v) is 6.77. The van der Waals surface area contributed by atoms with Crippen LogP contribution >= 0.6 is 0 Å². The first-order valence-electron chi connectivity index (χ1n) is 9.07. The van der Waals surface area contributed by atoms with Crippen LogP contribution in [0.15, 0.2) is 73.3 Å². The molecular weight excluding hydrogens is 365 g/mol. The van der Waals surface area contributed by atoms with Crippen molar-refractivity contribution in [3.63, 3.8) is 0 Å². The average Bonchev–Trinajstić information content (AvgIpc) is 3.17. The zero-order valence-corrected chi connectivity index (χ0v) is 15.2. The molecule has 5 aromatic rings. The fourth-order valence-electron chi connectivity index (χ4n) is 3.46. The van der Waals surface area contributed by atoms with Gasteiger partial charge >= 0.3 is 0 Å². The van der Waals surface area contributed by atoms with Gasteiger partial charge in [-0.15, -0.1) is 0 Å². The molecule has 1 aromatic carbocycles. The summed E-state index contributed by atoms with van der Waals surface area (Å²) in [5.41, 5.74) is 4.94. The molecule has 0 bridgehead atoms. The number of fused-ring (bicyclic) bond motifs is 2. The molecule has 0 aliphatic heterocycles. The van der Waals surface area contributed by atoms with E-state index in [2.05, 4.69) is 21.0 Å². The summed E-state index contributed by atoms with van der Waals surface area (Å²) in [6.07, 6.45) is 7.51. The van der Waals surface area contributed by atoms with Gasteiger partial charge in [0.05, 0.1) is 5.52 Å². The smallest absolute Gasteiger partial charge is 0.173 e. The lowest BCUT2D eigenvalue weighted by Gasteiger charge is -2.07. The minimum atomic E-state index is -0.402. The highest BCUT2D eigenvalue weighted by Crippen LogP contribution is 2.24. The van der Waals surface area contributed by atoms with Crippen LogP contribution in [0.5, 0.6) is 0 Å². The van der Waals surface area contributed by atoms with E-state index in [1.807, 2.05) is 36.5 Å². The second-order valence-electron chi connectivity index (χ2n) is 6.77. The molecule has 0 saturated heterocycles. The molecule has 4 aromatic heterocycles. The molecule has 0 aliphatic carbocycles. The van der Waals surface area contributed by atoms with E-state index in [4.69, 9.17) is 5.26 Å². The van der Waals surface area contributed by atoms with Crippen LogP contribution in [-0.2, 0) is 6.42 Å². The number of hydrogen-bond acceptors (Lipinski definition) is 4. The maximum Gasteiger partial charge on any atom is 0.173 e. The van der Waals surface area contributed by atoms with Gasteiger partial charge in [-0.25, -0.2) is 14.4 Å². The molecule has 29 heavy (non-hydrogen) atoms. The van der Waals surface area contributed by atoms with Crippen LogP contribution in [-0.4, -0.2) is 19.4 Å². The van der Waals surface area contributed by atoms with E-state index in [1.165, 1.54) is 6.07 Å². The van der Waals surface area contributed by atoms with E-state index < -0.39 is 5.82 Å². The molecule has 0 fully saturated rings. The number of nitriles is 1. The van der Waals surface area contributed by atoms with Crippen LogP contribution in [0.3, 0.4) is 0 Å². The molecule has 0 amide bonds. The fraction of sp³-hybridized carbons (Fsp3) is 0.0435. The first-order valence-corrected chi connectivity index (χ1v) is 9.07. The molecule has 0 atom stereocenters. The molecule has 0 spiro atoms. The maximum absolute atomic E-state index is 14.7. The predicted molar refractivity (Wildman–Crippen MR) is 108 cm³/mol. The highest BCUT2D eigenvalue weighted by Gasteiger charge is 2.12. The van der Waals surface area contributed by atoms with E-state index in [0.29, 0.717) is 17.7 Å². The minimum absolute atomic E-state index is 0.285. The lowest BCUT2D eigenvalue weighted by molar-refractivity contribution is 0.630. The first-order chi connectivity index (χ1) is 14.2. The SMILES string of the molecule is N#Cc1ccc(-c2cc(F)c3ncc(Cc4ccc5ncccc5c4)n3c2)cn1. The van der Waals surface area contributed by atoms with Crippen LogP contribution in [0, 0.1) is 17.1 Å². The van der Waals surface area contributed by atoms with E-state index in [-0.39, 0.29) is 5.65 Å². The normalized spacial score (nSPS) is 11.0. The largest absolute Gasteiger partial charge is 0.301 e. The molecule has 138 valence electrons. The van der Waals surface area contributed by atoms with Gasteiger partial charge in [0.2, 0.25) is 0 Å². The molecule has 6 heteroatoms. The molecule has 0 unspecified atom stereocenters. The van der Waals surface area contributed by atoms with E-state index in [9.17, 15) is 4.39 Å². The molecule has 4 heterocycles. The van der Waals surface area contributed by atoms with Crippen molar-refractivity contribution in [2.24, 2.45) is 0 Å². The first kappa shape index (κ1) is 17.0. The summed E-state index contributed by atoms with van der Waals surface area (Å²) in [5.74, 6) is -0.402. The number of rotatable bonds is 3. The Morgan fingerprint density at radius 3 is 2.72 bits per heavy atom. The number of halogens is 1. The van der Waals surface area contributed by atoms with Crippen LogP contribution < -0.4 is 0 Å². The third-order valence-corrected chi connectivity index (χ3v) is 4.90. The van der Waals surface area contributed by atoms with Crippen LogP contribution in [0.25, 0.3) is 27.7 Å². The van der Waals surface area contributed by atoms with Crippen molar-refractivity contribution in [2.45, 2.75) is 6.42 Å². The highest BCUT2D eigenvalue weighted by atomic mass is 19.1. The average molecular weight is 379 g/mol. The molecule has 0 saturated carbocycles. The van der Waals surface area contributed by atoms with Gasteiger partial charge in [0, 0.05) is 53.4 Å². The molecule has 0 aliphatic rings. The predicted octanol–water partition coefficient (Wildman–Crippen LogP) is 4.55. The number of pyridine rings is 3. The Kier molecular flexibility index (Phi) is 3.99. The van der Waals surface area contributed by atoms with Gasteiger partial charge in [-0.05, 0) is 42.0 Å². The van der Waals surface area contributed by atoms with Gasteiger partial charge in [-0.1, -0.05) is 12.1 Å². The number of nitrogens with zero attached hydrogens (tertiary/aromatic N) is 5. The van der Waals surface area contributed by atoms with Gasteiger partial charge in [-0.3, -0.25) is 4.98 Å². The molecule has 0 N–H and O–H groups in total. The number of hydrogen-bond donors (Lipinski definition) is 0. The van der Waals surface area contributed by atoms with Crippen LogP contribution in [0.2, 0.25) is 0 Å². The zero-order chi connectivity index (χ0) is 19.8. The van der Waals surface area contributed by atoms with Gasteiger partial charge in [0.15, 0.2) is 11.5 Å². The Hall–Kier alpha value is -4.11. The topological polar surface area (TPSA) is 66.9 Å². The molecular formula is C23H14FN5. The van der Waals surface area contributed by atoms with Gasteiger partial charge in [-0.2, -0.15) is 5.26 Å². The minimum Gasteiger partial charge on any atom is -0.301 e. The van der Waals surface area contributed by atoms with Crippen molar-refractivity contribution in [1.29, 1.82) is 5.26 Å². The Morgan fingerprint density at radius 1 is 0.966 bits per heavy atom. The van der Waals surface area contributed by atoms with Crippen LogP contribution in [0.4, 0.5) is 4.39 Å².